The zero-order valence-electron chi connectivity index (χ0n) is 15.2. The molecule has 10 nitrogen and oxygen atoms in total. The second-order valence-electron chi connectivity index (χ2n) is 5.81. The number of hydrogen-bond acceptors (Lipinski definition) is 8. The number of esters is 1. The van der Waals surface area contributed by atoms with Crippen molar-refractivity contribution < 1.29 is 27.3 Å². The van der Waals surface area contributed by atoms with E-state index in [2.05, 4.69) is 20.2 Å². The van der Waals surface area contributed by atoms with Crippen LogP contribution in [0.5, 0.6) is 0 Å². The predicted octanol–water partition coefficient (Wildman–Crippen LogP) is 1.97. The third-order valence-electron chi connectivity index (χ3n) is 3.57. The van der Waals surface area contributed by atoms with Crippen LogP contribution < -0.4 is 10.0 Å². The molecule has 3 aromatic rings. The predicted molar refractivity (Wildman–Crippen MR) is 102 cm³/mol. The largest absolute Gasteiger partial charge is 0.452 e. The van der Waals surface area contributed by atoms with Crippen LogP contribution in [0.1, 0.15) is 16.1 Å². The van der Waals surface area contributed by atoms with E-state index in [-0.39, 0.29) is 16.3 Å². The Morgan fingerprint density at radius 1 is 1.10 bits per heavy atom. The Labute approximate surface area is 165 Å². The van der Waals surface area contributed by atoms with E-state index in [1.54, 1.807) is 6.92 Å². The van der Waals surface area contributed by atoms with E-state index in [1.165, 1.54) is 54.9 Å². The molecule has 0 aliphatic rings. The van der Waals surface area contributed by atoms with Crippen molar-refractivity contribution in [3.63, 3.8) is 0 Å². The number of sulfonamides is 1. The van der Waals surface area contributed by atoms with Gasteiger partial charge in [-0.15, -0.1) is 0 Å². The molecule has 1 aromatic carbocycles. The number of pyridine rings is 1. The summed E-state index contributed by atoms with van der Waals surface area (Å²) in [5, 5.41) is 6.08. The highest BCUT2D eigenvalue weighted by molar-refractivity contribution is 7.92. The summed E-state index contributed by atoms with van der Waals surface area (Å²) >= 11 is 0. The van der Waals surface area contributed by atoms with Gasteiger partial charge in [-0.2, -0.15) is 0 Å². The van der Waals surface area contributed by atoms with E-state index < -0.39 is 28.5 Å². The normalized spacial score (nSPS) is 10.9. The maximum Gasteiger partial charge on any atom is 0.338 e. The second kappa shape index (κ2) is 8.52. The molecule has 2 heterocycles. The van der Waals surface area contributed by atoms with Gasteiger partial charge in [0.2, 0.25) is 0 Å². The average Bonchev–Trinajstić information content (AvgIpc) is 3.11. The van der Waals surface area contributed by atoms with Crippen LogP contribution in [0.3, 0.4) is 0 Å². The van der Waals surface area contributed by atoms with Crippen LogP contribution in [0.15, 0.2) is 64.3 Å². The molecule has 0 fully saturated rings. The van der Waals surface area contributed by atoms with Crippen LogP contribution in [-0.2, 0) is 19.6 Å². The van der Waals surface area contributed by atoms with Gasteiger partial charge in [0.15, 0.2) is 12.4 Å². The van der Waals surface area contributed by atoms with Crippen molar-refractivity contribution in [2.45, 2.75) is 11.8 Å². The van der Waals surface area contributed by atoms with Gasteiger partial charge in [-0.05, 0) is 43.3 Å². The van der Waals surface area contributed by atoms with Crippen molar-refractivity contribution in [1.82, 2.24) is 10.1 Å². The number of anilines is 2. The van der Waals surface area contributed by atoms with Gasteiger partial charge in [0, 0.05) is 24.1 Å². The number of nitrogens with one attached hydrogen (secondary N) is 2. The first-order valence-corrected chi connectivity index (χ1v) is 9.75. The fraction of sp³-hybridized carbons (Fsp3) is 0.111. The third kappa shape index (κ3) is 5.39. The second-order valence-corrected chi connectivity index (χ2v) is 7.50. The van der Waals surface area contributed by atoms with Crippen LogP contribution >= 0.6 is 0 Å². The van der Waals surface area contributed by atoms with Crippen molar-refractivity contribution in [3.05, 3.63) is 66.2 Å². The Hall–Kier alpha value is -3.73. The summed E-state index contributed by atoms with van der Waals surface area (Å²) < 4.78 is 36.6. The smallest absolute Gasteiger partial charge is 0.338 e. The third-order valence-corrected chi connectivity index (χ3v) is 4.94. The fourth-order valence-electron chi connectivity index (χ4n) is 2.23. The Balaban J connectivity index is 1.55. The monoisotopic (exact) mass is 416 g/mol. The highest BCUT2D eigenvalue weighted by Gasteiger charge is 2.16. The number of hydrogen-bond donors (Lipinski definition) is 2. The number of nitrogens with zero attached hydrogens (tertiary/aromatic N) is 2. The number of ether oxygens (including phenoxy) is 1. The maximum absolute atomic E-state index is 12.3. The van der Waals surface area contributed by atoms with Gasteiger partial charge >= 0.3 is 5.97 Å². The lowest BCUT2D eigenvalue weighted by Gasteiger charge is -2.08. The zero-order chi connectivity index (χ0) is 20.9. The van der Waals surface area contributed by atoms with Gasteiger partial charge in [0.1, 0.15) is 5.76 Å². The standard InChI is InChI=1S/C18H16N4O6S/c1-12-10-16(21-28-12)22-29(25,26)15-4-2-14(3-5-15)20-17(23)11-27-18(24)13-6-8-19-9-7-13/h2-10H,11H2,1H3,(H,20,23)(H,21,22). The highest BCUT2D eigenvalue weighted by atomic mass is 32.2. The first-order chi connectivity index (χ1) is 13.8. The van der Waals surface area contributed by atoms with Crippen LogP contribution in [0.25, 0.3) is 0 Å². The lowest BCUT2D eigenvalue weighted by molar-refractivity contribution is -0.119. The van der Waals surface area contributed by atoms with Gasteiger partial charge < -0.3 is 14.6 Å². The Bertz CT molecular complexity index is 1110. The number of aromatic nitrogens is 2. The van der Waals surface area contributed by atoms with Crippen molar-refractivity contribution in [2.24, 2.45) is 0 Å². The minimum atomic E-state index is -3.86. The Morgan fingerprint density at radius 2 is 1.79 bits per heavy atom. The molecule has 1 amide bonds. The molecule has 0 spiro atoms. The van der Waals surface area contributed by atoms with Gasteiger partial charge in [-0.3, -0.25) is 14.5 Å². The molecule has 0 aliphatic heterocycles. The zero-order valence-corrected chi connectivity index (χ0v) is 16.0. The SMILES string of the molecule is Cc1cc(NS(=O)(=O)c2ccc(NC(=O)COC(=O)c3ccncc3)cc2)no1. The van der Waals surface area contributed by atoms with Crippen LogP contribution in [0.4, 0.5) is 11.5 Å². The number of carbonyl (C=O) groups is 2. The molecule has 150 valence electrons. The first kappa shape index (κ1) is 20.0. The molecule has 0 atom stereocenters. The molecule has 0 aliphatic carbocycles. The van der Waals surface area contributed by atoms with E-state index in [9.17, 15) is 18.0 Å². The molecule has 11 heteroatoms. The molecule has 2 aromatic heterocycles. The number of rotatable bonds is 7. The lowest BCUT2D eigenvalue weighted by atomic mass is 10.3. The van der Waals surface area contributed by atoms with E-state index in [0.717, 1.165) is 0 Å². The summed E-state index contributed by atoms with van der Waals surface area (Å²) in [6, 6.07) is 9.82. The maximum atomic E-state index is 12.3. The molecule has 3 rings (SSSR count). The quantitative estimate of drug-likeness (QED) is 0.557. The Morgan fingerprint density at radius 3 is 2.41 bits per heavy atom. The van der Waals surface area contributed by atoms with Crippen LogP contribution in [0.2, 0.25) is 0 Å². The van der Waals surface area contributed by atoms with Crippen molar-refractivity contribution in [3.8, 4) is 0 Å². The topological polar surface area (TPSA) is 140 Å². The Kier molecular flexibility index (Phi) is 5.88. The highest BCUT2D eigenvalue weighted by Crippen LogP contribution is 2.18. The summed E-state index contributed by atoms with van der Waals surface area (Å²) in [4.78, 5) is 27.5. The lowest BCUT2D eigenvalue weighted by Crippen LogP contribution is -2.21. The number of carbonyl (C=O) groups excluding carboxylic acids is 2. The molecule has 0 unspecified atom stereocenters. The van der Waals surface area contributed by atoms with E-state index in [4.69, 9.17) is 9.26 Å². The van der Waals surface area contributed by atoms with Crippen molar-refractivity contribution in [1.29, 1.82) is 0 Å². The van der Waals surface area contributed by atoms with E-state index >= 15 is 0 Å². The van der Waals surface area contributed by atoms with Crippen LogP contribution in [-0.4, -0.2) is 37.0 Å². The molecule has 0 saturated carbocycles. The fourth-order valence-corrected chi connectivity index (χ4v) is 3.21. The summed E-state index contributed by atoms with van der Waals surface area (Å²) in [5.74, 6) is -0.696. The van der Waals surface area contributed by atoms with Gasteiger partial charge in [-0.25, -0.2) is 13.2 Å². The van der Waals surface area contributed by atoms with E-state index in [0.29, 0.717) is 11.4 Å². The minimum absolute atomic E-state index is 0.0275. The molecule has 0 bridgehead atoms. The molecule has 2 N–H and O–H groups in total. The molecule has 0 radical (unpaired) electrons. The summed E-state index contributed by atoms with van der Waals surface area (Å²) in [7, 11) is -3.86. The van der Waals surface area contributed by atoms with Gasteiger partial charge in [0.25, 0.3) is 15.9 Å². The number of benzene rings is 1. The number of amides is 1. The average molecular weight is 416 g/mol. The van der Waals surface area contributed by atoms with Gasteiger partial charge in [-0.1, -0.05) is 5.16 Å². The number of aryl methyl sites for hydroxylation is 1. The molecule has 29 heavy (non-hydrogen) atoms. The minimum Gasteiger partial charge on any atom is -0.452 e. The van der Waals surface area contributed by atoms with Gasteiger partial charge in [0.05, 0.1) is 10.5 Å². The first-order valence-electron chi connectivity index (χ1n) is 8.27. The van der Waals surface area contributed by atoms with Crippen molar-refractivity contribution in [2.75, 3.05) is 16.6 Å². The summed E-state index contributed by atoms with van der Waals surface area (Å²) in [5.41, 5.74) is 0.614. The molecular formula is C18H16N4O6S. The summed E-state index contributed by atoms with van der Waals surface area (Å²) in [6.45, 7) is 1.14. The molecule has 0 saturated heterocycles. The van der Waals surface area contributed by atoms with Crippen LogP contribution in [0, 0.1) is 6.92 Å². The van der Waals surface area contributed by atoms with E-state index in [1.807, 2.05) is 0 Å². The summed E-state index contributed by atoms with van der Waals surface area (Å²) in [6.07, 6.45) is 2.87. The molecular weight excluding hydrogens is 400 g/mol. The van der Waals surface area contributed by atoms with Crippen molar-refractivity contribution >= 4 is 33.4 Å².